The van der Waals surface area contributed by atoms with Crippen LogP contribution >= 0.6 is 0 Å². The molecule has 118 valence electrons. The third-order valence-electron chi connectivity index (χ3n) is 3.21. The lowest BCUT2D eigenvalue weighted by Crippen LogP contribution is -2.34. The van der Waals surface area contributed by atoms with Gasteiger partial charge in [-0.25, -0.2) is 0 Å². The molecule has 1 heterocycles. The third-order valence-corrected chi connectivity index (χ3v) is 3.21. The van der Waals surface area contributed by atoms with E-state index in [0.717, 1.165) is 0 Å². The number of nitrogens with zero attached hydrogens (tertiary/aromatic N) is 1. The largest absolute Gasteiger partial charge is 0.481 e. The summed E-state index contributed by atoms with van der Waals surface area (Å²) >= 11 is 0. The molecule has 6 heteroatoms. The lowest BCUT2D eigenvalue weighted by Gasteiger charge is -2.16. The molecule has 0 radical (unpaired) electrons. The van der Waals surface area contributed by atoms with E-state index >= 15 is 0 Å². The number of carbonyl (C=O) groups excluding carboxylic acids is 1. The number of rotatable bonds is 9. The summed E-state index contributed by atoms with van der Waals surface area (Å²) in [5.74, 6) is -1.42. The summed E-state index contributed by atoms with van der Waals surface area (Å²) < 4.78 is 6.78. The summed E-state index contributed by atoms with van der Waals surface area (Å²) in [7, 11) is 1.60. The van der Waals surface area contributed by atoms with Gasteiger partial charge in [-0.05, 0) is 24.5 Å². The number of aromatic nitrogens is 1. The second-order valence-corrected chi connectivity index (χ2v) is 5.45. The van der Waals surface area contributed by atoms with Crippen LogP contribution in [0.2, 0.25) is 0 Å². The van der Waals surface area contributed by atoms with Crippen LogP contribution < -0.4 is 5.32 Å². The number of ether oxygens (including phenoxy) is 1. The van der Waals surface area contributed by atoms with Crippen LogP contribution in [0.5, 0.6) is 0 Å². The molecule has 0 aliphatic carbocycles. The van der Waals surface area contributed by atoms with Crippen LogP contribution in [-0.4, -0.2) is 41.8 Å². The number of hydrogen-bond acceptors (Lipinski definition) is 3. The van der Waals surface area contributed by atoms with Gasteiger partial charge in [-0.1, -0.05) is 13.8 Å². The van der Waals surface area contributed by atoms with Gasteiger partial charge in [0.1, 0.15) is 5.69 Å². The minimum Gasteiger partial charge on any atom is -0.481 e. The van der Waals surface area contributed by atoms with Crippen molar-refractivity contribution in [3.8, 4) is 0 Å². The highest BCUT2D eigenvalue weighted by Crippen LogP contribution is 2.11. The number of aliphatic carboxylic acids is 1. The van der Waals surface area contributed by atoms with E-state index in [4.69, 9.17) is 9.84 Å². The first-order chi connectivity index (χ1) is 9.95. The molecular weight excluding hydrogens is 272 g/mol. The summed E-state index contributed by atoms with van der Waals surface area (Å²) in [5.41, 5.74) is 0.515. The summed E-state index contributed by atoms with van der Waals surface area (Å²) in [6, 6.07) is 3.50. The van der Waals surface area contributed by atoms with Gasteiger partial charge in [-0.2, -0.15) is 0 Å². The number of carboxylic acid groups (broad SMARTS) is 1. The summed E-state index contributed by atoms with van der Waals surface area (Å²) in [5, 5.41) is 11.9. The Morgan fingerprint density at radius 3 is 2.71 bits per heavy atom. The van der Waals surface area contributed by atoms with Crippen LogP contribution in [0, 0.1) is 11.8 Å². The number of carbonyl (C=O) groups is 2. The molecule has 0 saturated carbocycles. The van der Waals surface area contributed by atoms with Crippen LogP contribution in [0.4, 0.5) is 0 Å². The molecule has 0 saturated heterocycles. The van der Waals surface area contributed by atoms with E-state index in [-0.39, 0.29) is 18.4 Å². The Labute approximate surface area is 125 Å². The Morgan fingerprint density at radius 1 is 1.43 bits per heavy atom. The number of nitrogens with one attached hydrogen (secondary N) is 1. The van der Waals surface area contributed by atoms with Crippen molar-refractivity contribution in [1.29, 1.82) is 0 Å². The predicted octanol–water partition coefficient (Wildman–Crippen LogP) is 1.61. The van der Waals surface area contributed by atoms with Crippen molar-refractivity contribution in [1.82, 2.24) is 9.88 Å². The molecule has 1 aromatic heterocycles. The standard InChI is InChI=1S/C15H24N2O4/c1-11(2)9-12(15(19)20)10-16-14(18)13-5-4-6-17(13)7-8-21-3/h4-6,11-12H,7-10H2,1-3H3,(H,16,18)(H,19,20). The first-order valence-electron chi connectivity index (χ1n) is 7.10. The number of hydrogen-bond donors (Lipinski definition) is 2. The molecule has 1 aromatic rings. The van der Waals surface area contributed by atoms with E-state index in [1.54, 1.807) is 30.0 Å². The maximum Gasteiger partial charge on any atom is 0.308 e. The van der Waals surface area contributed by atoms with Gasteiger partial charge in [0, 0.05) is 26.4 Å². The van der Waals surface area contributed by atoms with Crippen molar-refractivity contribution < 1.29 is 19.4 Å². The van der Waals surface area contributed by atoms with Crippen LogP contribution in [0.1, 0.15) is 30.8 Å². The Balaban J connectivity index is 2.60. The molecular formula is C15H24N2O4. The van der Waals surface area contributed by atoms with Crippen molar-refractivity contribution in [3.05, 3.63) is 24.0 Å². The van der Waals surface area contributed by atoms with Crippen molar-refractivity contribution >= 4 is 11.9 Å². The minimum atomic E-state index is -0.876. The predicted molar refractivity (Wildman–Crippen MR) is 79.2 cm³/mol. The van der Waals surface area contributed by atoms with E-state index in [1.165, 1.54) is 0 Å². The average Bonchev–Trinajstić information content (AvgIpc) is 2.88. The monoisotopic (exact) mass is 296 g/mol. The second kappa shape index (κ2) is 8.46. The average molecular weight is 296 g/mol. The van der Waals surface area contributed by atoms with Crippen LogP contribution in [0.25, 0.3) is 0 Å². The van der Waals surface area contributed by atoms with Gasteiger partial charge in [0.25, 0.3) is 5.91 Å². The van der Waals surface area contributed by atoms with E-state index in [1.807, 2.05) is 13.8 Å². The van der Waals surface area contributed by atoms with Crippen molar-refractivity contribution in [2.45, 2.75) is 26.8 Å². The van der Waals surface area contributed by atoms with Crippen molar-refractivity contribution in [3.63, 3.8) is 0 Å². The highest BCUT2D eigenvalue weighted by molar-refractivity contribution is 5.93. The molecule has 2 N–H and O–H groups in total. The van der Waals surface area contributed by atoms with Gasteiger partial charge < -0.3 is 19.7 Å². The minimum absolute atomic E-state index is 0.141. The molecule has 0 fully saturated rings. The molecule has 0 aromatic carbocycles. The molecule has 0 bridgehead atoms. The first-order valence-corrected chi connectivity index (χ1v) is 7.10. The molecule has 0 aliphatic rings. The fourth-order valence-electron chi connectivity index (χ4n) is 2.15. The number of amides is 1. The van der Waals surface area contributed by atoms with Crippen LogP contribution in [-0.2, 0) is 16.1 Å². The van der Waals surface area contributed by atoms with Gasteiger partial charge in [0.15, 0.2) is 0 Å². The highest BCUT2D eigenvalue weighted by Gasteiger charge is 2.20. The van der Waals surface area contributed by atoms with E-state index in [0.29, 0.717) is 25.3 Å². The molecule has 0 aliphatic heterocycles. The lowest BCUT2D eigenvalue weighted by molar-refractivity contribution is -0.142. The zero-order valence-corrected chi connectivity index (χ0v) is 12.8. The summed E-state index contributed by atoms with van der Waals surface area (Å²) in [6.45, 7) is 5.17. The molecule has 21 heavy (non-hydrogen) atoms. The highest BCUT2D eigenvalue weighted by atomic mass is 16.5. The van der Waals surface area contributed by atoms with E-state index in [2.05, 4.69) is 5.32 Å². The smallest absolute Gasteiger partial charge is 0.308 e. The Bertz CT molecular complexity index is 468. The summed E-state index contributed by atoms with van der Waals surface area (Å²) in [4.78, 5) is 23.3. The maximum absolute atomic E-state index is 12.1. The molecule has 1 amide bonds. The Morgan fingerprint density at radius 2 is 2.14 bits per heavy atom. The molecule has 1 unspecified atom stereocenters. The molecule has 1 rings (SSSR count). The topological polar surface area (TPSA) is 80.6 Å². The van der Waals surface area contributed by atoms with Crippen LogP contribution in [0.15, 0.2) is 18.3 Å². The number of carboxylic acids is 1. The fourth-order valence-corrected chi connectivity index (χ4v) is 2.15. The second-order valence-electron chi connectivity index (χ2n) is 5.45. The molecule has 0 spiro atoms. The van der Waals surface area contributed by atoms with Gasteiger partial charge in [-0.3, -0.25) is 9.59 Å². The normalized spacial score (nSPS) is 12.4. The van der Waals surface area contributed by atoms with E-state index < -0.39 is 11.9 Å². The third kappa shape index (κ3) is 5.59. The van der Waals surface area contributed by atoms with Crippen molar-refractivity contribution in [2.75, 3.05) is 20.3 Å². The molecule has 1 atom stereocenters. The lowest BCUT2D eigenvalue weighted by atomic mass is 9.97. The quantitative estimate of drug-likeness (QED) is 0.725. The number of methoxy groups -OCH3 is 1. The Hall–Kier alpha value is -1.82. The van der Waals surface area contributed by atoms with Gasteiger partial charge in [0.05, 0.1) is 12.5 Å². The fraction of sp³-hybridized carbons (Fsp3) is 0.600. The zero-order chi connectivity index (χ0) is 15.8. The van der Waals surface area contributed by atoms with Gasteiger partial charge in [-0.15, -0.1) is 0 Å². The van der Waals surface area contributed by atoms with Crippen molar-refractivity contribution in [2.24, 2.45) is 11.8 Å². The van der Waals surface area contributed by atoms with E-state index in [9.17, 15) is 9.59 Å². The van der Waals surface area contributed by atoms with Gasteiger partial charge in [0.2, 0.25) is 0 Å². The van der Waals surface area contributed by atoms with Crippen LogP contribution in [0.3, 0.4) is 0 Å². The summed E-state index contributed by atoms with van der Waals surface area (Å²) in [6.07, 6.45) is 2.34. The van der Waals surface area contributed by atoms with Gasteiger partial charge >= 0.3 is 5.97 Å². The maximum atomic E-state index is 12.1. The Kier molecular flexibility index (Phi) is 6.94. The first kappa shape index (κ1) is 17.2. The zero-order valence-electron chi connectivity index (χ0n) is 12.8. The SMILES string of the molecule is COCCn1cccc1C(=O)NCC(CC(C)C)C(=O)O. The molecule has 6 nitrogen and oxygen atoms in total.